The van der Waals surface area contributed by atoms with Gasteiger partial charge in [0, 0.05) is 6.42 Å². The molecule has 0 saturated heterocycles. The van der Waals surface area contributed by atoms with E-state index in [0.717, 1.165) is 19.3 Å². The van der Waals surface area contributed by atoms with Crippen LogP contribution < -0.4 is 0 Å². The molecular weight excluding hydrogens is 220 g/mol. The van der Waals surface area contributed by atoms with Crippen molar-refractivity contribution in [1.29, 1.82) is 0 Å². The third-order valence-electron chi connectivity index (χ3n) is 4.57. The van der Waals surface area contributed by atoms with Crippen molar-refractivity contribution in [3.05, 3.63) is 35.4 Å². The molecule has 1 aromatic rings. The van der Waals surface area contributed by atoms with Gasteiger partial charge in [-0.05, 0) is 35.8 Å². The van der Waals surface area contributed by atoms with Gasteiger partial charge in [0.05, 0.1) is 5.60 Å². The fourth-order valence-electron chi connectivity index (χ4n) is 3.32. The van der Waals surface area contributed by atoms with Gasteiger partial charge >= 0.3 is 0 Å². The monoisotopic (exact) mass is 246 g/mol. The Kier molecular flexibility index (Phi) is 4.11. The zero-order valence-electron chi connectivity index (χ0n) is 11.9. The maximum atomic E-state index is 10.8. The van der Waals surface area contributed by atoms with Gasteiger partial charge in [-0.1, -0.05) is 57.9 Å². The lowest BCUT2D eigenvalue weighted by molar-refractivity contribution is 0.00147. The molecule has 100 valence electrons. The molecule has 0 bridgehead atoms. The SMILES string of the molecule is CCC1CCCC1(O)Cc1ccc(C(C)C)cc1. The summed E-state index contributed by atoms with van der Waals surface area (Å²) in [6.45, 7) is 6.63. The van der Waals surface area contributed by atoms with E-state index in [0.29, 0.717) is 11.8 Å². The Hall–Kier alpha value is -0.820. The van der Waals surface area contributed by atoms with Crippen molar-refractivity contribution in [3.8, 4) is 0 Å². The van der Waals surface area contributed by atoms with E-state index in [1.54, 1.807) is 0 Å². The Balaban J connectivity index is 2.09. The molecule has 1 saturated carbocycles. The summed E-state index contributed by atoms with van der Waals surface area (Å²) in [6.07, 6.45) is 5.26. The quantitative estimate of drug-likeness (QED) is 0.840. The molecule has 1 fully saturated rings. The van der Waals surface area contributed by atoms with Crippen molar-refractivity contribution in [2.45, 2.75) is 64.4 Å². The number of rotatable bonds is 4. The van der Waals surface area contributed by atoms with Gasteiger partial charge in [0.1, 0.15) is 0 Å². The van der Waals surface area contributed by atoms with Gasteiger partial charge in [-0.25, -0.2) is 0 Å². The number of aliphatic hydroxyl groups is 1. The highest BCUT2D eigenvalue weighted by Gasteiger charge is 2.39. The summed E-state index contributed by atoms with van der Waals surface area (Å²) in [7, 11) is 0. The van der Waals surface area contributed by atoms with Crippen molar-refractivity contribution in [3.63, 3.8) is 0 Å². The highest BCUT2D eigenvalue weighted by molar-refractivity contribution is 5.26. The van der Waals surface area contributed by atoms with E-state index in [2.05, 4.69) is 45.0 Å². The second kappa shape index (κ2) is 5.44. The van der Waals surface area contributed by atoms with Gasteiger partial charge in [-0.2, -0.15) is 0 Å². The first-order chi connectivity index (χ1) is 8.55. The third kappa shape index (κ3) is 2.77. The van der Waals surface area contributed by atoms with E-state index < -0.39 is 5.60 Å². The summed E-state index contributed by atoms with van der Waals surface area (Å²) >= 11 is 0. The lowest BCUT2D eigenvalue weighted by atomic mass is 9.83. The second-order valence-corrected chi connectivity index (χ2v) is 6.17. The van der Waals surface area contributed by atoms with Crippen molar-refractivity contribution >= 4 is 0 Å². The first-order valence-corrected chi connectivity index (χ1v) is 7.36. The van der Waals surface area contributed by atoms with Crippen LogP contribution >= 0.6 is 0 Å². The van der Waals surface area contributed by atoms with Crippen LogP contribution in [0.3, 0.4) is 0 Å². The zero-order valence-corrected chi connectivity index (χ0v) is 11.9. The zero-order chi connectivity index (χ0) is 13.2. The van der Waals surface area contributed by atoms with Crippen LogP contribution in [0.2, 0.25) is 0 Å². The Morgan fingerprint density at radius 1 is 1.28 bits per heavy atom. The Morgan fingerprint density at radius 3 is 2.50 bits per heavy atom. The van der Waals surface area contributed by atoms with Gasteiger partial charge in [0.15, 0.2) is 0 Å². The molecule has 2 atom stereocenters. The van der Waals surface area contributed by atoms with Crippen molar-refractivity contribution in [1.82, 2.24) is 0 Å². The van der Waals surface area contributed by atoms with Crippen molar-refractivity contribution in [2.75, 3.05) is 0 Å². The first-order valence-electron chi connectivity index (χ1n) is 7.36. The average molecular weight is 246 g/mol. The predicted octanol–water partition coefficient (Wildman–Crippen LogP) is 4.29. The molecule has 1 aliphatic carbocycles. The van der Waals surface area contributed by atoms with Crippen LogP contribution in [0.15, 0.2) is 24.3 Å². The molecule has 1 aliphatic rings. The Bertz CT molecular complexity index is 379. The van der Waals surface area contributed by atoms with E-state index in [1.165, 1.54) is 24.0 Å². The Labute approximate surface area is 111 Å². The Morgan fingerprint density at radius 2 is 1.94 bits per heavy atom. The molecule has 0 spiro atoms. The molecule has 1 aromatic carbocycles. The van der Waals surface area contributed by atoms with Crippen molar-refractivity contribution < 1.29 is 5.11 Å². The molecule has 2 unspecified atom stereocenters. The largest absolute Gasteiger partial charge is 0.389 e. The lowest BCUT2D eigenvalue weighted by Crippen LogP contribution is -2.35. The normalized spacial score (nSPS) is 27.9. The fraction of sp³-hybridized carbons (Fsp3) is 0.647. The van der Waals surface area contributed by atoms with Crippen LogP contribution in [0.25, 0.3) is 0 Å². The summed E-state index contributed by atoms with van der Waals surface area (Å²) in [5.74, 6) is 1.07. The summed E-state index contributed by atoms with van der Waals surface area (Å²) in [5, 5.41) is 10.8. The van der Waals surface area contributed by atoms with Crippen molar-refractivity contribution in [2.24, 2.45) is 5.92 Å². The summed E-state index contributed by atoms with van der Waals surface area (Å²) in [6, 6.07) is 8.80. The van der Waals surface area contributed by atoms with Gasteiger partial charge in [-0.3, -0.25) is 0 Å². The molecule has 0 radical (unpaired) electrons. The third-order valence-corrected chi connectivity index (χ3v) is 4.57. The van der Waals surface area contributed by atoms with E-state index in [-0.39, 0.29) is 0 Å². The van der Waals surface area contributed by atoms with Gasteiger partial charge in [0.25, 0.3) is 0 Å². The fourth-order valence-corrected chi connectivity index (χ4v) is 3.32. The molecule has 0 aliphatic heterocycles. The molecule has 0 heterocycles. The van der Waals surface area contributed by atoms with E-state index in [9.17, 15) is 5.11 Å². The smallest absolute Gasteiger partial charge is 0.0715 e. The van der Waals surface area contributed by atoms with Gasteiger partial charge < -0.3 is 5.11 Å². The minimum absolute atomic E-state index is 0.450. The van der Waals surface area contributed by atoms with Crippen LogP contribution in [-0.2, 0) is 6.42 Å². The van der Waals surface area contributed by atoms with E-state index >= 15 is 0 Å². The molecule has 0 amide bonds. The van der Waals surface area contributed by atoms with Crippen LogP contribution in [-0.4, -0.2) is 10.7 Å². The molecule has 2 rings (SSSR count). The number of hydrogen-bond acceptors (Lipinski definition) is 1. The maximum Gasteiger partial charge on any atom is 0.0715 e. The van der Waals surface area contributed by atoms with Gasteiger partial charge in [0.2, 0.25) is 0 Å². The molecule has 1 heteroatoms. The van der Waals surface area contributed by atoms with Crippen LogP contribution in [0.5, 0.6) is 0 Å². The van der Waals surface area contributed by atoms with Crippen LogP contribution in [0.1, 0.15) is 63.5 Å². The number of benzene rings is 1. The summed E-state index contributed by atoms with van der Waals surface area (Å²) in [5.41, 5.74) is 2.21. The summed E-state index contributed by atoms with van der Waals surface area (Å²) in [4.78, 5) is 0. The average Bonchev–Trinajstić information content (AvgIpc) is 2.70. The topological polar surface area (TPSA) is 20.2 Å². The predicted molar refractivity (Wildman–Crippen MR) is 76.8 cm³/mol. The molecule has 1 N–H and O–H groups in total. The lowest BCUT2D eigenvalue weighted by Gasteiger charge is -2.29. The minimum Gasteiger partial charge on any atom is -0.389 e. The minimum atomic E-state index is -0.450. The van der Waals surface area contributed by atoms with Crippen LogP contribution in [0, 0.1) is 5.92 Å². The van der Waals surface area contributed by atoms with E-state index in [1.807, 2.05) is 0 Å². The first kappa shape index (κ1) is 13.6. The van der Waals surface area contributed by atoms with Crippen LogP contribution in [0.4, 0.5) is 0 Å². The van der Waals surface area contributed by atoms with Gasteiger partial charge in [-0.15, -0.1) is 0 Å². The molecule has 18 heavy (non-hydrogen) atoms. The maximum absolute atomic E-state index is 10.8. The second-order valence-electron chi connectivity index (χ2n) is 6.17. The number of hydrogen-bond donors (Lipinski definition) is 1. The summed E-state index contributed by atoms with van der Waals surface area (Å²) < 4.78 is 0. The molecule has 0 aromatic heterocycles. The molecular formula is C17H26O. The highest BCUT2D eigenvalue weighted by Crippen LogP contribution is 2.40. The van der Waals surface area contributed by atoms with E-state index in [4.69, 9.17) is 0 Å². The standard InChI is InChI=1S/C17H26O/c1-4-16-6-5-11-17(16,18)12-14-7-9-15(10-8-14)13(2)3/h7-10,13,16,18H,4-6,11-12H2,1-3H3. The highest BCUT2D eigenvalue weighted by atomic mass is 16.3. The molecule has 1 nitrogen and oxygen atoms in total.